The van der Waals surface area contributed by atoms with E-state index in [-0.39, 0.29) is 0 Å². The van der Waals surface area contributed by atoms with Crippen LogP contribution in [0.1, 0.15) is 11.1 Å². The first-order valence-corrected chi connectivity index (χ1v) is 7.25. The van der Waals surface area contributed by atoms with E-state index >= 15 is 0 Å². The molecule has 2 aromatic carbocycles. The normalized spacial score (nSPS) is 10.5. The van der Waals surface area contributed by atoms with Crippen molar-refractivity contribution in [2.75, 3.05) is 14.2 Å². The number of hydrogen-bond acceptors (Lipinski definition) is 3. The molecule has 0 heterocycles. The van der Waals surface area contributed by atoms with Gasteiger partial charge in [-0.3, -0.25) is 0 Å². The predicted molar refractivity (Wildman–Crippen MR) is 86.6 cm³/mol. The second-order valence-corrected chi connectivity index (χ2v) is 5.36. The van der Waals surface area contributed by atoms with Crippen LogP contribution in [0, 0.1) is 0 Å². The van der Waals surface area contributed by atoms with Gasteiger partial charge in [0, 0.05) is 28.7 Å². The average molecular weight is 326 g/mol. The van der Waals surface area contributed by atoms with Crippen LogP contribution in [0.15, 0.2) is 36.4 Å². The zero-order valence-electron chi connectivity index (χ0n) is 12.0. The summed E-state index contributed by atoms with van der Waals surface area (Å²) in [5.41, 5.74) is 2.03. The van der Waals surface area contributed by atoms with E-state index in [2.05, 4.69) is 5.32 Å². The van der Waals surface area contributed by atoms with Gasteiger partial charge >= 0.3 is 0 Å². The van der Waals surface area contributed by atoms with E-state index in [1.165, 1.54) is 0 Å². The minimum Gasteiger partial charge on any atom is -0.497 e. The van der Waals surface area contributed by atoms with Gasteiger partial charge in [-0.1, -0.05) is 29.3 Å². The third kappa shape index (κ3) is 4.27. The van der Waals surface area contributed by atoms with Crippen molar-refractivity contribution >= 4 is 23.2 Å². The van der Waals surface area contributed by atoms with E-state index in [1.54, 1.807) is 20.3 Å². The Morgan fingerprint density at radius 3 is 2.33 bits per heavy atom. The number of rotatable bonds is 6. The van der Waals surface area contributed by atoms with Crippen molar-refractivity contribution in [1.29, 1.82) is 0 Å². The quantitative estimate of drug-likeness (QED) is 0.858. The van der Waals surface area contributed by atoms with Crippen molar-refractivity contribution in [3.8, 4) is 11.5 Å². The number of benzene rings is 2. The summed E-state index contributed by atoms with van der Waals surface area (Å²) in [4.78, 5) is 0. The monoisotopic (exact) mass is 325 g/mol. The molecule has 0 amide bonds. The van der Waals surface area contributed by atoms with Crippen LogP contribution in [0.5, 0.6) is 11.5 Å². The maximum Gasteiger partial charge on any atom is 0.123 e. The second-order valence-electron chi connectivity index (χ2n) is 4.52. The molecule has 2 rings (SSSR count). The summed E-state index contributed by atoms with van der Waals surface area (Å²) in [5, 5.41) is 4.64. The Morgan fingerprint density at radius 1 is 0.905 bits per heavy atom. The molecule has 2 aromatic rings. The fourth-order valence-electron chi connectivity index (χ4n) is 2.02. The van der Waals surface area contributed by atoms with Crippen molar-refractivity contribution in [2.24, 2.45) is 0 Å². The molecule has 0 unspecified atom stereocenters. The zero-order valence-corrected chi connectivity index (χ0v) is 13.5. The molecule has 5 heteroatoms. The molecular formula is C16H17Cl2NO2. The first-order valence-electron chi connectivity index (χ1n) is 6.49. The van der Waals surface area contributed by atoms with Gasteiger partial charge in [0.25, 0.3) is 0 Å². The highest BCUT2D eigenvalue weighted by atomic mass is 35.5. The van der Waals surface area contributed by atoms with Crippen molar-refractivity contribution in [2.45, 2.75) is 13.1 Å². The van der Waals surface area contributed by atoms with Gasteiger partial charge in [0.1, 0.15) is 11.5 Å². The Balaban J connectivity index is 2.02. The van der Waals surface area contributed by atoms with Crippen LogP contribution in [0.25, 0.3) is 0 Å². The van der Waals surface area contributed by atoms with Crippen molar-refractivity contribution in [3.63, 3.8) is 0 Å². The highest BCUT2D eigenvalue weighted by molar-refractivity contribution is 6.35. The predicted octanol–water partition coefficient (Wildman–Crippen LogP) is 4.30. The topological polar surface area (TPSA) is 30.5 Å². The van der Waals surface area contributed by atoms with Gasteiger partial charge in [-0.2, -0.15) is 0 Å². The summed E-state index contributed by atoms with van der Waals surface area (Å²) in [6, 6.07) is 11.2. The lowest BCUT2D eigenvalue weighted by molar-refractivity contribution is 0.397. The molecule has 21 heavy (non-hydrogen) atoms. The molecule has 3 nitrogen and oxygen atoms in total. The van der Waals surface area contributed by atoms with Gasteiger partial charge in [0.2, 0.25) is 0 Å². The van der Waals surface area contributed by atoms with Crippen LogP contribution in [-0.4, -0.2) is 14.2 Å². The van der Waals surface area contributed by atoms with Crippen LogP contribution in [0.3, 0.4) is 0 Å². The molecule has 0 saturated heterocycles. The van der Waals surface area contributed by atoms with Crippen LogP contribution < -0.4 is 14.8 Å². The molecule has 0 aliphatic heterocycles. The molecule has 0 saturated carbocycles. The van der Waals surface area contributed by atoms with E-state index in [1.807, 2.05) is 30.3 Å². The van der Waals surface area contributed by atoms with Crippen LogP contribution in [-0.2, 0) is 13.1 Å². The lowest BCUT2D eigenvalue weighted by Gasteiger charge is -2.12. The fourth-order valence-corrected chi connectivity index (χ4v) is 2.49. The highest BCUT2D eigenvalue weighted by Gasteiger charge is 2.06. The minimum atomic E-state index is 0.637. The zero-order chi connectivity index (χ0) is 15.2. The molecule has 0 atom stereocenters. The molecule has 0 fully saturated rings. The summed E-state index contributed by atoms with van der Waals surface area (Å²) in [6.45, 7) is 1.30. The summed E-state index contributed by atoms with van der Waals surface area (Å²) in [5.74, 6) is 1.63. The Kier molecular flexibility index (Phi) is 5.74. The van der Waals surface area contributed by atoms with Gasteiger partial charge < -0.3 is 14.8 Å². The number of hydrogen-bond donors (Lipinski definition) is 1. The first kappa shape index (κ1) is 16.0. The van der Waals surface area contributed by atoms with Crippen molar-refractivity contribution < 1.29 is 9.47 Å². The molecule has 0 aliphatic rings. The van der Waals surface area contributed by atoms with E-state index in [0.717, 1.165) is 22.6 Å². The van der Waals surface area contributed by atoms with Crippen molar-refractivity contribution in [1.82, 2.24) is 5.32 Å². The Hall–Kier alpha value is -1.42. The molecule has 112 valence electrons. The third-order valence-corrected chi connectivity index (χ3v) is 3.72. The SMILES string of the molecule is COc1ccc(OC)c(CNCc2ccc(Cl)cc2Cl)c1. The summed E-state index contributed by atoms with van der Waals surface area (Å²) in [6.07, 6.45) is 0. The maximum atomic E-state index is 6.15. The lowest BCUT2D eigenvalue weighted by atomic mass is 10.1. The smallest absolute Gasteiger partial charge is 0.123 e. The van der Waals surface area contributed by atoms with Gasteiger partial charge in [-0.15, -0.1) is 0 Å². The molecular weight excluding hydrogens is 309 g/mol. The largest absolute Gasteiger partial charge is 0.497 e. The van der Waals surface area contributed by atoms with Crippen LogP contribution >= 0.6 is 23.2 Å². The van der Waals surface area contributed by atoms with E-state index in [0.29, 0.717) is 23.1 Å². The van der Waals surface area contributed by atoms with Gasteiger partial charge in [0.15, 0.2) is 0 Å². The van der Waals surface area contributed by atoms with Crippen LogP contribution in [0.4, 0.5) is 0 Å². The molecule has 0 bridgehead atoms. The maximum absolute atomic E-state index is 6.15. The number of nitrogens with one attached hydrogen (secondary N) is 1. The molecule has 1 N–H and O–H groups in total. The average Bonchev–Trinajstić information content (AvgIpc) is 2.49. The Labute approximate surface area is 134 Å². The standard InChI is InChI=1S/C16H17Cl2NO2/c1-20-14-5-6-16(21-2)12(7-14)10-19-9-11-3-4-13(17)8-15(11)18/h3-8,19H,9-10H2,1-2H3. The van der Waals surface area contributed by atoms with Gasteiger partial charge in [0.05, 0.1) is 14.2 Å². The van der Waals surface area contributed by atoms with E-state index < -0.39 is 0 Å². The van der Waals surface area contributed by atoms with Crippen molar-refractivity contribution in [3.05, 3.63) is 57.6 Å². The second kappa shape index (κ2) is 7.55. The van der Waals surface area contributed by atoms with Gasteiger partial charge in [-0.05, 0) is 35.9 Å². The minimum absolute atomic E-state index is 0.637. The van der Waals surface area contributed by atoms with E-state index in [9.17, 15) is 0 Å². The number of methoxy groups -OCH3 is 2. The summed E-state index contributed by atoms with van der Waals surface area (Å²) in [7, 11) is 3.30. The highest BCUT2D eigenvalue weighted by Crippen LogP contribution is 2.24. The Morgan fingerprint density at radius 2 is 1.67 bits per heavy atom. The number of halogens is 2. The molecule has 0 spiro atoms. The van der Waals surface area contributed by atoms with E-state index in [4.69, 9.17) is 32.7 Å². The number of ether oxygens (including phenoxy) is 2. The molecule has 0 aliphatic carbocycles. The Bertz CT molecular complexity index is 617. The first-order chi connectivity index (χ1) is 10.1. The lowest BCUT2D eigenvalue weighted by Crippen LogP contribution is -2.13. The third-order valence-electron chi connectivity index (χ3n) is 3.13. The molecule has 0 radical (unpaired) electrons. The van der Waals surface area contributed by atoms with Crippen LogP contribution in [0.2, 0.25) is 10.0 Å². The molecule has 0 aromatic heterocycles. The fraction of sp³-hybridized carbons (Fsp3) is 0.250. The van der Waals surface area contributed by atoms with Gasteiger partial charge in [-0.25, -0.2) is 0 Å². The summed E-state index contributed by atoms with van der Waals surface area (Å²) >= 11 is 12.0. The summed E-state index contributed by atoms with van der Waals surface area (Å²) < 4.78 is 10.6.